The Labute approximate surface area is 250 Å². The molecular weight excluding hydrogens is 591 g/mol. The number of alkyl halides is 3. The molecule has 3 aromatic rings. The van der Waals surface area contributed by atoms with Gasteiger partial charge in [0.2, 0.25) is 5.71 Å². The van der Waals surface area contributed by atoms with Gasteiger partial charge in [-0.3, -0.25) is 10.1 Å². The number of rotatable bonds is 12. The first-order valence-corrected chi connectivity index (χ1v) is 13.5. The highest BCUT2D eigenvalue weighted by atomic mass is 35.5. The van der Waals surface area contributed by atoms with E-state index in [0.29, 0.717) is 23.4 Å². The van der Waals surface area contributed by atoms with Crippen molar-refractivity contribution in [2.45, 2.75) is 38.0 Å². The number of halogens is 4. The van der Waals surface area contributed by atoms with Crippen molar-refractivity contribution in [3.05, 3.63) is 71.4 Å². The van der Waals surface area contributed by atoms with Crippen LogP contribution in [0.3, 0.4) is 0 Å². The number of hydrogen-bond donors (Lipinski definition) is 4. The molecule has 0 fully saturated rings. The Morgan fingerprint density at radius 3 is 2.47 bits per heavy atom. The summed E-state index contributed by atoms with van der Waals surface area (Å²) in [7, 11) is 1.52. The lowest BCUT2D eigenvalue weighted by molar-refractivity contribution is -0.119. The fourth-order valence-electron chi connectivity index (χ4n) is 4.01. The number of nitrogens with zero attached hydrogens (tertiary/aromatic N) is 3. The SMILES string of the molecule is CN(C(=O)NCc1ccccc1Cl)[C@@H](CCCCNC(=O)C(=NN)C(F)(F)F)COC(=O)Nc1cc2ccccc2cn1. The Morgan fingerprint density at radius 1 is 1.07 bits per heavy atom. The van der Waals surface area contributed by atoms with Crippen molar-refractivity contribution in [3.63, 3.8) is 0 Å². The summed E-state index contributed by atoms with van der Waals surface area (Å²) in [5, 5.41) is 12.2. The van der Waals surface area contributed by atoms with Gasteiger partial charge in [-0.1, -0.05) is 54.1 Å². The van der Waals surface area contributed by atoms with Crippen molar-refractivity contribution in [2.24, 2.45) is 10.9 Å². The van der Waals surface area contributed by atoms with Gasteiger partial charge in [-0.25, -0.2) is 14.6 Å². The van der Waals surface area contributed by atoms with Crippen LogP contribution < -0.4 is 21.8 Å². The summed E-state index contributed by atoms with van der Waals surface area (Å²) >= 11 is 6.17. The Hall–Kier alpha value is -4.59. The van der Waals surface area contributed by atoms with Gasteiger partial charge in [0.15, 0.2) is 0 Å². The van der Waals surface area contributed by atoms with E-state index in [0.717, 1.165) is 10.8 Å². The van der Waals surface area contributed by atoms with Crippen LogP contribution >= 0.6 is 11.6 Å². The van der Waals surface area contributed by atoms with Crippen LogP contribution in [0, 0.1) is 0 Å². The van der Waals surface area contributed by atoms with Gasteiger partial charge in [0.25, 0.3) is 5.91 Å². The number of urea groups is 1. The highest BCUT2D eigenvalue weighted by Gasteiger charge is 2.40. The summed E-state index contributed by atoms with van der Waals surface area (Å²) in [6, 6.07) is 15.1. The molecule has 1 aromatic heterocycles. The van der Waals surface area contributed by atoms with Crippen molar-refractivity contribution in [2.75, 3.05) is 25.5 Å². The first kappa shape index (κ1) is 32.9. The molecule has 0 radical (unpaired) electrons. The van der Waals surface area contributed by atoms with E-state index < -0.39 is 36.0 Å². The summed E-state index contributed by atoms with van der Waals surface area (Å²) in [6.45, 7) is -0.140. The number of fused-ring (bicyclic) bond motifs is 1. The molecule has 0 aliphatic carbocycles. The van der Waals surface area contributed by atoms with Crippen LogP contribution in [0.5, 0.6) is 0 Å². The number of anilines is 1. The molecule has 0 saturated heterocycles. The van der Waals surface area contributed by atoms with Crippen LogP contribution in [-0.4, -0.2) is 66.0 Å². The minimum Gasteiger partial charge on any atom is -0.447 e. The highest BCUT2D eigenvalue weighted by Crippen LogP contribution is 2.18. The molecular formula is C28H31ClF3N7O4. The van der Waals surface area contributed by atoms with E-state index in [1.54, 1.807) is 36.5 Å². The van der Waals surface area contributed by atoms with Crippen LogP contribution in [0.15, 0.2) is 65.9 Å². The van der Waals surface area contributed by atoms with Gasteiger partial charge in [0.05, 0.1) is 6.04 Å². The molecule has 0 aliphatic rings. The number of ether oxygens (including phenoxy) is 1. The molecule has 0 bridgehead atoms. The van der Waals surface area contributed by atoms with Gasteiger partial charge >= 0.3 is 18.3 Å². The van der Waals surface area contributed by atoms with Crippen LogP contribution in [0.25, 0.3) is 10.8 Å². The monoisotopic (exact) mass is 621 g/mol. The Morgan fingerprint density at radius 2 is 1.77 bits per heavy atom. The third-order valence-corrected chi connectivity index (χ3v) is 6.75. The highest BCUT2D eigenvalue weighted by molar-refractivity contribution is 6.41. The van der Waals surface area contributed by atoms with E-state index in [1.807, 2.05) is 24.3 Å². The average Bonchev–Trinajstić information content (AvgIpc) is 2.97. The summed E-state index contributed by atoms with van der Waals surface area (Å²) in [5.41, 5.74) is -1.03. The predicted molar refractivity (Wildman–Crippen MR) is 156 cm³/mol. The summed E-state index contributed by atoms with van der Waals surface area (Å²) < 4.78 is 43.8. The second-order valence-electron chi connectivity index (χ2n) is 9.38. The molecule has 0 spiro atoms. The van der Waals surface area contributed by atoms with Crippen LogP contribution in [0.1, 0.15) is 24.8 Å². The minimum atomic E-state index is -4.98. The zero-order valence-electron chi connectivity index (χ0n) is 23.2. The molecule has 5 N–H and O–H groups in total. The smallest absolute Gasteiger partial charge is 0.440 e. The summed E-state index contributed by atoms with van der Waals surface area (Å²) in [4.78, 5) is 42.8. The molecule has 1 heterocycles. The number of nitrogens with two attached hydrogens (primary N) is 1. The maximum Gasteiger partial charge on any atom is 0.440 e. The zero-order chi connectivity index (χ0) is 31.4. The second-order valence-corrected chi connectivity index (χ2v) is 9.79. The fraction of sp³-hybridized carbons (Fsp3) is 0.321. The van der Waals surface area contributed by atoms with E-state index in [9.17, 15) is 27.6 Å². The molecule has 0 aliphatic heterocycles. The summed E-state index contributed by atoms with van der Waals surface area (Å²) in [6.07, 6.45) is -3.23. The number of nitrogens with one attached hydrogen (secondary N) is 3. The number of carbonyl (C=O) groups excluding carboxylic acids is 3. The molecule has 230 valence electrons. The normalized spacial score (nSPS) is 12.3. The van der Waals surface area contributed by atoms with Crippen molar-refractivity contribution in [3.8, 4) is 0 Å². The quantitative estimate of drug-likeness (QED) is 0.0986. The Balaban J connectivity index is 1.57. The molecule has 15 heteroatoms. The van der Waals surface area contributed by atoms with Crippen LogP contribution in [-0.2, 0) is 16.1 Å². The molecule has 1 atom stereocenters. The van der Waals surface area contributed by atoms with Gasteiger partial charge in [-0.15, -0.1) is 0 Å². The molecule has 4 amide bonds. The number of unbranched alkanes of at least 4 members (excludes halogenated alkanes) is 1. The second kappa shape index (κ2) is 15.6. The number of carbonyl (C=O) groups is 3. The lowest BCUT2D eigenvalue weighted by Crippen LogP contribution is -2.46. The van der Waals surface area contributed by atoms with Gasteiger partial charge in [-0.05, 0) is 42.3 Å². The third kappa shape index (κ3) is 10.0. The van der Waals surface area contributed by atoms with Crippen molar-refractivity contribution < 1.29 is 32.3 Å². The number of aromatic nitrogens is 1. The van der Waals surface area contributed by atoms with Gasteiger partial charge in [0.1, 0.15) is 12.4 Å². The van der Waals surface area contributed by atoms with Crippen molar-refractivity contribution in [1.29, 1.82) is 0 Å². The van der Waals surface area contributed by atoms with E-state index in [1.165, 1.54) is 11.9 Å². The Kier molecular flexibility index (Phi) is 11.9. The van der Waals surface area contributed by atoms with E-state index in [2.05, 4.69) is 26.0 Å². The van der Waals surface area contributed by atoms with Gasteiger partial charge in [0, 0.05) is 36.7 Å². The maximum atomic E-state index is 12.9. The molecule has 43 heavy (non-hydrogen) atoms. The minimum absolute atomic E-state index is 0.0992. The van der Waals surface area contributed by atoms with E-state index in [4.69, 9.17) is 22.2 Å². The van der Waals surface area contributed by atoms with Gasteiger partial charge in [-0.2, -0.15) is 18.3 Å². The maximum absolute atomic E-state index is 12.9. The largest absolute Gasteiger partial charge is 0.447 e. The number of likely N-dealkylation sites (N-methyl/N-ethyl adjacent to an activating group) is 1. The molecule has 0 saturated carbocycles. The van der Waals surface area contributed by atoms with E-state index >= 15 is 0 Å². The predicted octanol–water partition coefficient (Wildman–Crippen LogP) is 4.81. The topological polar surface area (TPSA) is 151 Å². The number of benzene rings is 2. The average molecular weight is 622 g/mol. The van der Waals surface area contributed by atoms with E-state index in [-0.39, 0.29) is 31.9 Å². The third-order valence-electron chi connectivity index (χ3n) is 6.39. The standard InChI is InChI=1S/C28H31ClF3N7O4/c1-39(26(41)36-16-20-10-4-5-12-22(20)29)21(11-6-7-13-34-25(40)24(38-33)28(30,31)32)17-43-27(42)37-23-14-18-8-2-3-9-19(18)15-35-23/h2-5,8-10,12,14-15,21H,6-7,11,13,16-17,33H2,1H3,(H,34,40)(H,36,41)(H,35,37,42)/t21-/m0/s1. The first-order chi connectivity index (χ1) is 20.5. The van der Waals surface area contributed by atoms with Gasteiger partial charge < -0.3 is 26.1 Å². The summed E-state index contributed by atoms with van der Waals surface area (Å²) in [5.74, 6) is 3.54. The fourth-order valence-corrected chi connectivity index (χ4v) is 4.21. The van der Waals surface area contributed by atoms with Crippen LogP contribution in [0.4, 0.5) is 28.6 Å². The number of hydrogen-bond acceptors (Lipinski definition) is 7. The zero-order valence-corrected chi connectivity index (χ0v) is 23.9. The molecule has 3 rings (SSSR count). The number of amides is 4. The lowest BCUT2D eigenvalue weighted by atomic mass is 10.1. The lowest BCUT2D eigenvalue weighted by Gasteiger charge is -2.28. The molecule has 0 unspecified atom stereocenters. The van der Waals surface area contributed by atoms with Crippen molar-refractivity contribution in [1.82, 2.24) is 20.5 Å². The first-order valence-electron chi connectivity index (χ1n) is 13.2. The molecule has 11 nitrogen and oxygen atoms in total. The molecule has 2 aromatic carbocycles. The Bertz CT molecular complexity index is 1460. The number of hydrazone groups is 1. The number of pyridine rings is 1. The van der Waals surface area contributed by atoms with Crippen LogP contribution in [0.2, 0.25) is 5.02 Å². The van der Waals surface area contributed by atoms with Crippen molar-refractivity contribution >= 4 is 51.9 Å².